The second-order valence-electron chi connectivity index (χ2n) is 5.85. The summed E-state index contributed by atoms with van der Waals surface area (Å²) >= 11 is 0. The van der Waals surface area contributed by atoms with Crippen LogP contribution in [0.25, 0.3) is 0 Å². The molecule has 0 radical (unpaired) electrons. The topological polar surface area (TPSA) is 29.1 Å². The summed E-state index contributed by atoms with van der Waals surface area (Å²) in [7, 11) is 4.01. The fourth-order valence-electron chi connectivity index (χ4n) is 2.38. The van der Waals surface area contributed by atoms with Gasteiger partial charge in [0.1, 0.15) is 6.54 Å². The van der Waals surface area contributed by atoms with Crippen LogP contribution in [-0.4, -0.2) is 24.6 Å². The quantitative estimate of drug-likeness (QED) is 0.641. The zero-order valence-corrected chi connectivity index (χ0v) is 12.8. The Kier molecular flexibility index (Phi) is 5.12. The van der Waals surface area contributed by atoms with E-state index in [0.717, 1.165) is 13.0 Å². The maximum Gasteiger partial charge on any atom is 0.265 e. The predicted molar refractivity (Wildman–Crippen MR) is 85.2 cm³/mol. The average molecular weight is 283 g/mol. The van der Waals surface area contributed by atoms with Crippen LogP contribution in [0.2, 0.25) is 0 Å². The minimum Gasteiger partial charge on any atom is -0.270 e. The van der Waals surface area contributed by atoms with Gasteiger partial charge in [0.05, 0.1) is 14.1 Å². The fraction of sp³-hybridized carbons (Fsp3) is 0.278. The van der Waals surface area contributed by atoms with E-state index in [0.29, 0.717) is 11.0 Å². The molecule has 0 fully saturated rings. The van der Waals surface area contributed by atoms with Crippen LogP contribution in [0.5, 0.6) is 0 Å². The number of rotatable bonds is 6. The predicted octanol–water partition coefficient (Wildman–Crippen LogP) is 2.93. The molecule has 110 valence electrons. The van der Waals surface area contributed by atoms with Gasteiger partial charge in [0, 0.05) is 12.0 Å². The van der Waals surface area contributed by atoms with Gasteiger partial charge in [-0.3, -0.25) is 4.79 Å². The van der Waals surface area contributed by atoms with Crippen LogP contribution < -0.4 is 5.43 Å². The summed E-state index contributed by atoms with van der Waals surface area (Å²) in [4.78, 5) is 12.1. The first kappa shape index (κ1) is 15.3. The summed E-state index contributed by atoms with van der Waals surface area (Å²) in [5, 5.41) is 0. The average Bonchev–Trinajstić information content (AvgIpc) is 2.46. The number of nitrogens with one attached hydrogen (secondary N) is 1. The second-order valence-corrected chi connectivity index (χ2v) is 5.85. The standard InChI is InChI=1S/C18H22N2O/c1-20(2,15-17-11-7-4-8-12-17)19-18(21)14-13-16-9-5-3-6-10-16/h3-12H,13-15H2,1-2H3/p+1. The zero-order chi connectivity index (χ0) is 15.1. The van der Waals surface area contributed by atoms with Crippen LogP contribution in [0.3, 0.4) is 0 Å². The molecule has 0 unspecified atom stereocenters. The molecule has 1 N–H and O–H groups in total. The molecule has 0 aliphatic carbocycles. The smallest absolute Gasteiger partial charge is 0.265 e. The van der Waals surface area contributed by atoms with Crippen LogP contribution in [0.4, 0.5) is 0 Å². The first-order chi connectivity index (χ1) is 10.1. The van der Waals surface area contributed by atoms with Gasteiger partial charge in [0.2, 0.25) is 0 Å². The van der Waals surface area contributed by atoms with Crippen molar-refractivity contribution in [3.05, 3.63) is 71.8 Å². The molecule has 0 aromatic heterocycles. The fourth-order valence-corrected chi connectivity index (χ4v) is 2.38. The van der Waals surface area contributed by atoms with Crippen molar-refractivity contribution in [2.45, 2.75) is 19.4 Å². The minimum atomic E-state index is 0.0831. The molecule has 0 spiro atoms. The first-order valence-corrected chi connectivity index (χ1v) is 7.27. The first-order valence-electron chi connectivity index (χ1n) is 7.27. The van der Waals surface area contributed by atoms with Gasteiger partial charge >= 0.3 is 0 Å². The monoisotopic (exact) mass is 283 g/mol. The van der Waals surface area contributed by atoms with Crippen molar-refractivity contribution < 1.29 is 9.39 Å². The zero-order valence-electron chi connectivity index (χ0n) is 12.8. The summed E-state index contributed by atoms with van der Waals surface area (Å²) in [6.07, 6.45) is 1.29. The minimum absolute atomic E-state index is 0.0831. The van der Waals surface area contributed by atoms with E-state index in [1.54, 1.807) is 0 Å². The number of quaternary nitrogens is 1. The largest absolute Gasteiger partial charge is 0.270 e. The van der Waals surface area contributed by atoms with Crippen LogP contribution >= 0.6 is 0 Å². The van der Waals surface area contributed by atoms with Crippen molar-refractivity contribution in [3.8, 4) is 0 Å². The van der Waals surface area contributed by atoms with Crippen LogP contribution in [0, 0.1) is 0 Å². The summed E-state index contributed by atoms with van der Waals surface area (Å²) in [5.74, 6) is 0.0831. The molecule has 2 aromatic carbocycles. The second kappa shape index (κ2) is 7.04. The third kappa shape index (κ3) is 5.40. The van der Waals surface area contributed by atoms with Crippen molar-refractivity contribution in [2.24, 2.45) is 0 Å². The van der Waals surface area contributed by atoms with E-state index in [1.807, 2.05) is 50.5 Å². The normalized spacial score (nSPS) is 11.1. The lowest BCUT2D eigenvalue weighted by Gasteiger charge is -2.29. The molecule has 3 heteroatoms. The molecule has 1 amide bonds. The number of hydrogen-bond acceptors (Lipinski definition) is 1. The summed E-state index contributed by atoms with van der Waals surface area (Å²) in [6.45, 7) is 0.776. The molecule has 0 atom stereocenters. The van der Waals surface area contributed by atoms with Crippen LogP contribution in [0.15, 0.2) is 60.7 Å². The highest BCUT2D eigenvalue weighted by Crippen LogP contribution is 2.07. The Bertz CT molecular complexity index is 564. The highest BCUT2D eigenvalue weighted by atomic mass is 16.2. The molecule has 0 bridgehead atoms. The van der Waals surface area contributed by atoms with Crippen molar-refractivity contribution in [1.82, 2.24) is 5.43 Å². The molecule has 0 aliphatic rings. The lowest BCUT2D eigenvalue weighted by molar-refractivity contribution is -0.938. The van der Waals surface area contributed by atoms with Crippen LogP contribution in [0.1, 0.15) is 17.5 Å². The SMILES string of the molecule is C[N+](C)(Cc1ccccc1)NC(=O)CCc1ccccc1. The Labute approximate surface area is 126 Å². The van der Waals surface area contributed by atoms with E-state index >= 15 is 0 Å². The Hall–Kier alpha value is -2.13. The van der Waals surface area contributed by atoms with Gasteiger partial charge in [-0.25, -0.2) is 10.0 Å². The maximum absolute atomic E-state index is 12.1. The van der Waals surface area contributed by atoms with Crippen molar-refractivity contribution in [3.63, 3.8) is 0 Å². The molecule has 3 nitrogen and oxygen atoms in total. The van der Waals surface area contributed by atoms with E-state index in [4.69, 9.17) is 0 Å². The number of carbonyl (C=O) groups is 1. The lowest BCUT2D eigenvalue weighted by Crippen LogP contribution is -2.53. The molecule has 2 rings (SSSR count). The molecule has 0 saturated heterocycles. The Morgan fingerprint density at radius 2 is 1.43 bits per heavy atom. The van der Waals surface area contributed by atoms with Gasteiger partial charge in [-0.2, -0.15) is 0 Å². The van der Waals surface area contributed by atoms with Gasteiger partial charge in [0.25, 0.3) is 5.91 Å². The molecule has 21 heavy (non-hydrogen) atoms. The number of carbonyl (C=O) groups excluding carboxylic acids is 1. The summed E-state index contributed by atoms with van der Waals surface area (Å²) in [6, 6.07) is 20.3. The van der Waals surface area contributed by atoms with E-state index in [2.05, 4.69) is 29.7 Å². The molecule has 0 saturated carbocycles. The van der Waals surface area contributed by atoms with Gasteiger partial charge in [-0.1, -0.05) is 60.7 Å². The van der Waals surface area contributed by atoms with E-state index < -0.39 is 0 Å². The number of aryl methyl sites for hydroxylation is 1. The molecular weight excluding hydrogens is 260 g/mol. The van der Waals surface area contributed by atoms with E-state index in [9.17, 15) is 4.79 Å². The van der Waals surface area contributed by atoms with Crippen molar-refractivity contribution >= 4 is 5.91 Å². The molecular formula is C18H23N2O+. The van der Waals surface area contributed by atoms with Gasteiger partial charge in [0.15, 0.2) is 0 Å². The van der Waals surface area contributed by atoms with Crippen molar-refractivity contribution in [1.29, 1.82) is 0 Å². The maximum atomic E-state index is 12.1. The Morgan fingerprint density at radius 1 is 0.905 bits per heavy atom. The van der Waals surface area contributed by atoms with Crippen molar-refractivity contribution in [2.75, 3.05) is 14.1 Å². The number of nitrogens with zero attached hydrogens (tertiary/aromatic N) is 1. The van der Waals surface area contributed by atoms with E-state index in [1.165, 1.54) is 11.1 Å². The van der Waals surface area contributed by atoms with E-state index in [-0.39, 0.29) is 5.91 Å². The number of benzene rings is 2. The Balaban J connectivity index is 1.83. The van der Waals surface area contributed by atoms with Gasteiger partial charge in [-0.05, 0) is 12.0 Å². The third-order valence-corrected chi connectivity index (χ3v) is 3.33. The number of hydrogen-bond donors (Lipinski definition) is 1. The van der Waals surface area contributed by atoms with Gasteiger partial charge in [-0.15, -0.1) is 0 Å². The highest BCUT2D eigenvalue weighted by Gasteiger charge is 2.19. The summed E-state index contributed by atoms with van der Waals surface area (Å²) < 4.78 is 0.456. The Morgan fingerprint density at radius 3 is 2.00 bits per heavy atom. The molecule has 0 aliphatic heterocycles. The van der Waals surface area contributed by atoms with Gasteiger partial charge < -0.3 is 0 Å². The summed E-state index contributed by atoms with van der Waals surface area (Å²) in [5.41, 5.74) is 5.48. The highest BCUT2D eigenvalue weighted by molar-refractivity contribution is 5.74. The lowest BCUT2D eigenvalue weighted by atomic mass is 10.1. The van der Waals surface area contributed by atoms with Crippen LogP contribution in [-0.2, 0) is 17.8 Å². The molecule has 2 aromatic rings. The number of amides is 1. The third-order valence-electron chi connectivity index (χ3n) is 3.33. The molecule has 0 heterocycles.